The van der Waals surface area contributed by atoms with Crippen LogP contribution in [-0.4, -0.2) is 48.9 Å². The molecule has 0 rings (SSSR count). The summed E-state index contributed by atoms with van der Waals surface area (Å²) in [5.41, 5.74) is 5.95. The second-order valence-electron chi connectivity index (χ2n) is 8.98. The Labute approximate surface area is 203 Å². The van der Waals surface area contributed by atoms with Gasteiger partial charge in [0.15, 0.2) is 5.84 Å². The Kier molecular flexibility index (Phi) is 22.2. The minimum absolute atomic E-state index is 0.163. The summed E-state index contributed by atoms with van der Waals surface area (Å²) < 4.78 is 0. The molecule has 0 saturated carbocycles. The number of carbonyl (C=O) groups excluding carboxylic acids is 1. The highest BCUT2D eigenvalue weighted by molar-refractivity contribution is 6.40. The van der Waals surface area contributed by atoms with E-state index in [2.05, 4.69) is 34.6 Å². The number of allylic oxidation sites excluding steroid dienone is 1. The van der Waals surface area contributed by atoms with Gasteiger partial charge in [0.05, 0.1) is 5.71 Å². The number of unbranched alkanes of at least 4 members (excludes halogenated alkanes) is 10. The zero-order chi connectivity index (χ0) is 24.6. The third-order valence-corrected chi connectivity index (χ3v) is 6.16. The summed E-state index contributed by atoms with van der Waals surface area (Å²) in [6, 6.07) is 0. The maximum absolute atomic E-state index is 10.4. The summed E-state index contributed by atoms with van der Waals surface area (Å²) in [6.07, 6.45) is 18.9. The van der Waals surface area contributed by atoms with Gasteiger partial charge in [-0.15, -0.1) is 5.73 Å². The molecule has 6 nitrogen and oxygen atoms in total. The van der Waals surface area contributed by atoms with Gasteiger partial charge in [-0.2, -0.15) is 0 Å². The molecule has 0 spiro atoms. The van der Waals surface area contributed by atoms with E-state index in [0.29, 0.717) is 24.5 Å². The molecular weight excluding hydrogens is 410 g/mol. The fraction of sp³-hybridized carbons (Fsp3) is 0.778. The van der Waals surface area contributed by atoms with Crippen LogP contribution in [0.15, 0.2) is 23.4 Å². The maximum Gasteiger partial charge on any atom is 0.156 e. The van der Waals surface area contributed by atoms with Crippen LogP contribution in [-0.2, 0) is 4.79 Å². The molecule has 1 atom stereocenters. The lowest BCUT2D eigenvalue weighted by atomic mass is 10.0. The zero-order valence-corrected chi connectivity index (χ0v) is 21.5. The summed E-state index contributed by atoms with van der Waals surface area (Å²) >= 11 is 0. The van der Waals surface area contributed by atoms with Crippen LogP contribution in [0.1, 0.15) is 104 Å². The first-order chi connectivity index (χ1) is 16.1. The third-order valence-electron chi connectivity index (χ3n) is 6.16. The second kappa shape index (κ2) is 23.4. The minimum atomic E-state index is 0.163. The zero-order valence-electron chi connectivity index (χ0n) is 21.5. The highest BCUT2D eigenvalue weighted by Crippen LogP contribution is 2.10. The molecule has 33 heavy (non-hydrogen) atoms. The topological polar surface area (TPSA) is 94.6 Å². The van der Waals surface area contributed by atoms with E-state index in [1.54, 1.807) is 0 Å². The van der Waals surface area contributed by atoms with Gasteiger partial charge in [-0.25, -0.2) is 5.84 Å². The molecule has 0 aromatic rings. The molecule has 0 saturated heterocycles. The molecule has 0 aromatic heterocycles. The normalized spacial score (nSPS) is 12.4. The van der Waals surface area contributed by atoms with Crippen LogP contribution in [0.25, 0.3) is 0 Å². The Hall–Kier alpha value is -1.75. The van der Waals surface area contributed by atoms with E-state index >= 15 is 0 Å². The van der Waals surface area contributed by atoms with Gasteiger partial charge in [-0.3, -0.25) is 4.99 Å². The first kappa shape index (κ1) is 31.2. The van der Waals surface area contributed by atoms with Crippen LogP contribution in [0.3, 0.4) is 0 Å². The number of nitrogens with two attached hydrogens (primary N) is 1. The number of aliphatic imine (C=N–C) groups is 1. The second-order valence-corrected chi connectivity index (χ2v) is 8.98. The van der Waals surface area contributed by atoms with Crippen LogP contribution in [0, 0.1) is 11.3 Å². The average Bonchev–Trinajstić information content (AvgIpc) is 2.83. The number of nitrogens with one attached hydrogen (secondary N) is 2. The van der Waals surface area contributed by atoms with E-state index < -0.39 is 0 Å². The minimum Gasteiger partial charge on any atom is -0.307 e. The van der Waals surface area contributed by atoms with Crippen molar-refractivity contribution in [3.8, 4) is 0 Å². The standard InChI is InChI=1S/C27H51N5O/c1-4-6-7-8-9-10-13-16-21-32(22-17-14-11-12-15-18-24-33)23-19-20-30-27(31-29)26(28)25(3)5-2/h6,24-25,28H,1,5,7-23,29H2,2-3H3,(H,30,31). The molecule has 0 fully saturated rings. The van der Waals surface area contributed by atoms with Gasteiger partial charge in [0.2, 0.25) is 0 Å². The van der Waals surface area contributed by atoms with E-state index in [4.69, 9.17) is 11.3 Å². The number of nitrogens with zero attached hydrogens (tertiary/aromatic N) is 2. The molecular formula is C27H51N5O. The van der Waals surface area contributed by atoms with Gasteiger partial charge >= 0.3 is 0 Å². The van der Waals surface area contributed by atoms with E-state index in [1.807, 2.05) is 13.0 Å². The maximum atomic E-state index is 10.4. The fourth-order valence-electron chi connectivity index (χ4n) is 3.77. The molecule has 0 aliphatic heterocycles. The van der Waals surface area contributed by atoms with E-state index in [-0.39, 0.29) is 5.92 Å². The monoisotopic (exact) mass is 461 g/mol. The van der Waals surface area contributed by atoms with Crippen molar-refractivity contribution < 1.29 is 4.79 Å². The average molecular weight is 462 g/mol. The summed E-state index contributed by atoms with van der Waals surface area (Å²) in [4.78, 5) is 17.6. The number of hydrazine groups is 1. The number of hydrogen-bond donors (Lipinski definition) is 3. The molecule has 190 valence electrons. The molecule has 1 unspecified atom stereocenters. The predicted octanol–water partition coefficient (Wildman–Crippen LogP) is 5.83. The summed E-state index contributed by atoms with van der Waals surface area (Å²) in [5.74, 6) is 6.29. The molecule has 0 radical (unpaired) electrons. The van der Waals surface area contributed by atoms with Crippen LogP contribution in [0.5, 0.6) is 0 Å². The smallest absolute Gasteiger partial charge is 0.156 e. The summed E-state index contributed by atoms with van der Waals surface area (Å²) in [6.45, 7) is 11.7. The number of aldehydes is 1. The first-order valence-corrected chi connectivity index (χ1v) is 13.2. The Bertz CT molecular complexity index is 569. The van der Waals surface area contributed by atoms with Crippen LogP contribution < -0.4 is 11.3 Å². The van der Waals surface area contributed by atoms with Crippen molar-refractivity contribution in [2.24, 2.45) is 16.8 Å². The Morgan fingerprint density at radius 2 is 1.55 bits per heavy atom. The Morgan fingerprint density at radius 3 is 2.09 bits per heavy atom. The van der Waals surface area contributed by atoms with Crippen LogP contribution >= 0.6 is 0 Å². The highest BCUT2D eigenvalue weighted by Gasteiger charge is 2.12. The first-order valence-electron chi connectivity index (χ1n) is 13.2. The van der Waals surface area contributed by atoms with Crippen molar-refractivity contribution >= 4 is 17.8 Å². The van der Waals surface area contributed by atoms with Gasteiger partial charge in [0.1, 0.15) is 6.29 Å². The number of amidine groups is 1. The molecule has 0 aliphatic rings. The van der Waals surface area contributed by atoms with Crippen molar-refractivity contribution in [3.63, 3.8) is 0 Å². The molecule has 0 heterocycles. The number of carbonyl (C=O) groups is 1. The lowest BCUT2D eigenvalue weighted by molar-refractivity contribution is -0.107. The van der Waals surface area contributed by atoms with Gasteiger partial charge in [0, 0.05) is 18.9 Å². The number of rotatable bonds is 23. The molecule has 0 amide bonds. The molecule has 0 bridgehead atoms. The highest BCUT2D eigenvalue weighted by atomic mass is 16.1. The van der Waals surface area contributed by atoms with Crippen LogP contribution in [0.2, 0.25) is 0 Å². The van der Waals surface area contributed by atoms with Gasteiger partial charge in [-0.05, 0) is 70.7 Å². The largest absolute Gasteiger partial charge is 0.307 e. The lowest BCUT2D eigenvalue weighted by Gasteiger charge is -2.22. The van der Waals surface area contributed by atoms with Crippen molar-refractivity contribution in [2.75, 3.05) is 26.2 Å². The molecule has 4 N–H and O–H groups in total. The van der Waals surface area contributed by atoms with Crippen molar-refractivity contribution in [2.45, 2.75) is 104 Å². The Balaban J connectivity index is 4.37. The SMILES string of the molecule is C=C=CCCCCCCCN(CCCCCCCC=O)CCCN=C(NN)C(=N)C(C)CC. The summed E-state index contributed by atoms with van der Waals surface area (Å²) in [7, 11) is 0. The fourth-order valence-corrected chi connectivity index (χ4v) is 3.77. The lowest BCUT2D eigenvalue weighted by Crippen LogP contribution is -2.39. The Morgan fingerprint density at radius 1 is 1.00 bits per heavy atom. The van der Waals surface area contributed by atoms with Gasteiger partial charge in [0.25, 0.3) is 0 Å². The number of hydrogen-bond acceptors (Lipinski definition) is 5. The molecule has 0 aliphatic carbocycles. The van der Waals surface area contributed by atoms with Gasteiger partial charge in [-0.1, -0.05) is 59.0 Å². The predicted molar refractivity (Wildman–Crippen MR) is 143 cm³/mol. The molecule has 6 heteroatoms. The molecule has 0 aromatic carbocycles. The van der Waals surface area contributed by atoms with E-state index in [9.17, 15) is 4.79 Å². The third kappa shape index (κ3) is 18.4. The van der Waals surface area contributed by atoms with Crippen molar-refractivity contribution in [3.05, 3.63) is 18.4 Å². The summed E-state index contributed by atoms with van der Waals surface area (Å²) in [5, 5.41) is 8.22. The quantitative estimate of drug-likeness (QED) is 0.0339. The van der Waals surface area contributed by atoms with Gasteiger partial charge < -0.3 is 20.5 Å². The van der Waals surface area contributed by atoms with Crippen molar-refractivity contribution in [1.29, 1.82) is 5.41 Å². The van der Waals surface area contributed by atoms with Crippen molar-refractivity contribution in [1.82, 2.24) is 10.3 Å². The van der Waals surface area contributed by atoms with E-state index in [0.717, 1.165) is 58.0 Å². The van der Waals surface area contributed by atoms with Crippen LogP contribution in [0.4, 0.5) is 0 Å². The van der Waals surface area contributed by atoms with E-state index in [1.165, 1.54) is 51.4 Å².